The number of rotatable bonds is 6. The Balaban J connectivity index is 1.22. The summed E-state index contributed by atoms with van der Waals surface area (Å²) in [7, 11) is 0. The van der Waals surface area contributed by atoms with Gasteiger partial charge in [0.05, 0.1) is 30.5 Å². The van der Waals surface area contributed by atoms with Crippen molar-refractivity contribution in [1.29, 1.82) is 0 Å². The lowest BCUT2D eigenvalue weighted by Gasteiger charge is -2.31. The Kier molecular flexibility index (Phi) is 4.83. The maximum atomic E-state index is 13.5. The van der Waals surface area contributed by atoms with Gasteiger partial charge in [0.15, 0.2) is 11.5 Å². The topological polar surface area (TPSA) is 103 Å². The maximum absolute atomic E-state index is 13.5. The number of aromatic nitrogens is 4. The number of hydrogen-bond donors (Lipinski definition) is 2. The fourth-order valence-corrected chi connectivity index (χ4v) is 7.16. The predicted octanol–water partition coefficient (Wildman–Crippen LogP) is 3.29. The monoisotopic (exact) mass is 490 g/mol. The molecule has 0 unspecified atom stereocenters. The van der Waals surface area contributed by atoms with Crippen LogP contribution >= 0.6 is 11.3 Å². The van der Waals surface area contributed by atoms with E-state index < -0.39 is 5.60 Å². The molecule has 9 nitrogen and oxygen atoms in total. The van der Waals surface area contributed by atoms with Gasteiger partial charge in [-0.15, -0.1) is 11.3 Å². The molecule has 4 aromatic heterocycles. The van der Waals surface area contributed by atoms with Gasteiger partial charge >= 0.3 is 0 Å². The van der Waals surface area contributed by atoms with Gasteiger partial charge in [-0.05, 0) is 43.9 Å². The number of ether oxygens (including phenoxy) is 2. The number of morpholine rings is 1. The van der Waals surface area contributed by atoms with E-state index in [2.05, 4.69) is 25.7 Å². The number of ketones is 1. The standard InChI is InChI=1S/C25H26N6O3S/c1-2-33-21-17(6-8-31-18(21)5-7-29-31)30-23-20-16-4-3-14(9-19(16)35-24(20)28-13-27-23)22(32)25-10-15(11-34-25)26-12-25/h5-8,13-15,26H,2-4,9-12H2,1H3,(H,27,28,30)/t14-,15+,25+/m0/s1. The SMILES string of the molecule is CCOc1c(Nc2ncnc3sc4c(c23)CC[C@H](C(=O)[C@@]23CN[C@@H](CO2)C3)C4)ccn2nccc12. The number of thiophene rings is 1. The van der Waals surface area contributed by atoms with Crippen LogP contribution in [0.1, 0.15) is 30.2 Å². The highest BCUT2D eigenvalue weighted by Gasteiger charge is 2.53. The third-order valence-corrected chi connectivity index (χ3v) is 8.71. The van der Waals surface area contributed by atoms with E-state index in [1.165, 1.54) is 10.4 Å². The van der Waals surface area contributed by atoms with Crippen molar-refractivity contribution < 1.29 is 14.3 Å². The van der Waals surface area contributed by atoms with E-state index >= 15 is 0 Å². The van der Waals surface area contributed by atoms with Gasteiger partial charge in [0.2, 0.25) is 0 Å². The second-order valence-corrected chi connectivity index (χ2v) is 10.7. The second kappa shape index (κ2) is 7.97. The van der Waals surface area contributed by atoms with Crippen LogP contribution in [0.15, 0.2) is 30.9 Å². The van der Waals surface area contributed by atoms with E-state index in [1.807, 2.05) is 25.3 Å². The molecular formula is C25H26N6O3S. The number of nitrogens with one attached hydrogen (secondary N) is 2. The van der Waals surface area contributed by atoms with Crippen LogP contribution < -0.4 is 15.4 Å². The molecule has 0 spiro atoms. The zero-order valence-corrected chi connectivity index (χ0v) is 20.2. The lowest BCUT2D eigenvalue weighted by molar-refractivity contribution is -0.143. The Labute approximate surface area is 205 Å². The Morgan fingerprint density at radius 1 is 1.40 bits per heavy atom. The maximum Gasteiger partial charge on any atom is 0.169 e. The largest absolute Gasteiger partial charge is 0.489 e. The van der Waals surface area contributed by atoms with E-state index in [0.29, 0.717) is 25.8 Å². The third-order valence-electron chi connectivity index (χ3n) is 7.55. The Hall–Kier alpha value is -3.08. The molecule has 4 aromatic rings. The lowest BCUT2D eigenvalue weighted by Crippen LogP contribution is -2.48. The number of Topliss-reactive ketones (excluding diaryl/α,β-unsaturated/α-hetero) is 1. The van der Waals surface area contributed by atoms with E-state index in [4.69, 9.17) is 9.47 Å². The van der Waals surface area contributed by atoms with E-state index in [0.717, 1.165) is 58.7 Å². The van der Waals surface area contributed by atoms with Gasteiger partial charge in [0.25, 0.3) is 0 Å². The van der Waals surface area contributed by atoms with Gasteiger partial charge in [-0.3, -0.25) is 4.79 Å². The predicted molar refractivity (Wildman–Crippen MR) is 133 cm³/mol. The number of carbonyl (C=O) groups is 1. The van der Waals surface area contributed by atoms with Crippen molar-refractivity contribution in [2.24, 2.45) is 5.92 Å². The van der Waals surface area contributed by atoms with Crippen molar-refractivity contribution >= 4 is 44.4 Å². The number of anilines is 2. The molecule has 1 aliphatic carbocycles. The molecule has 2 N–H and O–H groups in total. The van der Waals surface area contributed by atoms with Crippen molar-refractivity contribution in [3.63, 3.8) is 0 Å². The van der Waals surface area contributed by atoms with Crippen LogP contribution in [-0.2, 0) is 22.4 Å². The molecule has 2 fully saturated rings. The number of fused-ring (bicyclic) bond motifs is 6. The summed E-state index contributed by atoms with van der Waals surface area (Å²) in [5.74, 6) is 1.77. The zero-order chi connectivity index (χ0) is 23.6. The number of nitrogens with zero attached hydrogens (tertiary/aromatic N) is 4. The van der Waals surface area contributed by atoms with E-state index in [-0.39, 0.29) is 11.7 Å². The summed E-state index contributed by atoms with van der Waals surface area (Å²) >= 11 is 1.68. The highest BCUT2D eigenvalue weighted by molar-refractivity contribution is 7.19. The van der Waals surface area contributed by atoms with Crippen molar-refractivity contribution in [3.8, 4) is 5.75 Å². The van der Waals surface area contributed by atoms with Crippen LogP contribution in [0.4, 0.5) is 11.5 Å². The molecule has 6 heterocycles. The average molecular weight is 491 g/mol. The van der Waals surface area contributed by atoms with Crippen LogP contribution in [0, 0.1) is 5.92 Å². The van der Waals surface area contributed by atoms with Crippen LogP contribution in [-0.4, -0.2) is 56.8 Å². The van der Waals surface area contributed by atoms with Crippen molar-refractivity contribution in [1.82, 2.24) is 24.9 Å². The van der Waals surface area contributed by atoms with E-state index in [9.17, 15) is 4.79 Å². The van der Waals surface area contributed by atoms with Crippen molar-refractivity contribution in [2.75, 3.05) is 25.1 Å². The first kappa shape index (κ1) is 21.2. The summed E-state index contributed by atoms with van der Waals surface area (Å²) in [6.45, 7) is 3.81. The van der Waals surface area contributed by atoms with Crippen LogP contribution in [0.25, 0.3) is 15.7 Å². The minimum absolute atomic E-state index is 0.00703. The fourth-order valence-electron chi connectivity index (χ4n) is 5.89. The molecule has 35 heavy (non-hydrogen) atoms. The Morgan fingerprint density at radius 3 is 3.14 bits per heavy atom. The molecule has 0 saturated carbocycles. The first-order valence-electron chi connectivity index (χ1n) is 12.2. The molecule has 180 valence electrons. The van der Waals surface area contributed by atoms with Crippen LogP contribution in [0.3, 0.4) is 0 Å². The molecule has 2 bridgehead atoms. The minimum atomic E-state index is -0.613. The molecule has 0 amide bonds. The number of aryl methyl sites for hydroxylation is 1. The molecule has 3 atom stereocenters. The first-order chi connectivity index (χ1) is 17.1. The minimum Gasteiger partial charge on any atom is -0.489 e. The number of carbonyl (C=O) groups excluding carboxylic acids is 1. The third kappa shape index (κ3) is 3.27. The molecule has 2 aliphatic heterocycles. The summed E-state index contributed by atoms with van der Waals surface area (Å²) in [6, 6.07) is 4.22. The quantitative estimate of drug-likeness (QED) is 0.425. The summed E-state index contributed by atoms with van der Waals surface area (Å²) in [4.78, 5) is 24.8. The Bertz CT molecular complexity index is 1450. The molecular weight excluding hydrogens is 464 g/mol. The Morgan fingerprint density at radius 2 is 2.34 bits per heavy atom. The second-order valence-electron chi connectivity index (χ2n) is 9.58. The average Bonchev–Trinajstić information content (AvgIpc) is 3.67. The summed E-state index contributed by atoms with van der Waals surface area (Å²) < 4.78 is 13.8. The van der Waals surface area contributed by atoms with Gasteiger partial charge in [-0.1, -0.05) is 0 Å². The molecule has 7 rings (SSSR count). The molecule has 0 aromatic carbocycles. The highest BCUT2D eigenvalue weighted by Crippen LogP contribution is 2.44. The van der Waals surface area contributed by atoms with Crippen molar-refractivity contribution in [3.05, 3.63) is 41.3 Å². The lowest BCUT2D eigenvalue weighted by atomic mass is 9.79. The summed E-state index contributed by atoms with van der Waals surface area (Å²) in [5, 5.41) is 12.3. The number of pyridine rings is 1. The van der Waals surface area contributed by atoms with Gasteiger partial charge < -0.3 is 20.1 Å². The van der Waals surface area contributed by atoms with Crippen LogP contribution in [0.5, 0.6) is 5.75 Å². The van der Waals surface area contributed by atoms with Gasteiger partial charge in [-0.25, -0.2) is 14.5 Å². The van der Waals surface area contributed by atoms with Gasteiger partial charge in [-0.2, -0.15) is 5.10 Å². The fraction of sp³-hybridized carbons (Fsp3) is 0.440. The molecule has 10 heteroatoms. The summed E-state index contributed by atoms with van der Waals surface area (Å²) in [5.41, 5.74) is 2.38. The molecule has 2 saturated heterocycles. The normalized spacial score (nSPS) is 25.3. The molecule has 3 aliphatic rings. The number of hydrogen-bond acceptors (Lipinski definition) is 9. The first-order valence-corrected chi connectivity index (χ1v) is 13.0. The summed E-state index contributed by atoms with van der Waals surface area (Å²) in [6.07, 6.45) is 8.48. The highest BCUT2D eigenvalue weighted by atomic mass is 32.1. The van der Waals surface area contributed by atoms with Crippen LogP contribution in [0.2, 0.25) is 0 Å². The smallest absolute Gasteiger partial charge is 0.169 e. The van der Waals surface area contributed by atoms with Crippen molar-refractivity contribution in [2.45, 2.75) is 44.2 Å². The molecule has 0 radical (unpaired) electrons. The van der Waals surface area contributed by atoms with E-state index in [1.54, 1.807) is 28.4 Å². The van der Waals surface area contributed by atoms with Gasteiger partial charge in [0.1, 0.15) is 28.1 Å². The van der Waals surface area contributed by atoms with Gasteiger partial charge in [0, 0.05) is 36.0 Å². The zero-order valence-electron chi connectivity index (χ0n) is 19.4.